The highest BCUT2D eigenvalue weighted by Gasteiger charge is 2.49. The van der Waals surface area contributed by atoms with Crippen LogP contribution in [0.25, 0.3) is 5.76 Å². The SMILES string of the molecule is O=C1C(=O)N(C2CCCCC2)C(c2ccc(O)c(Cl)c2)/C1=C(/O)c1cccc([N+](=O)[O-])c1. The largest absolute Gasteiger partial charge is 0.507 e. The molecule has 1 saturated carbocycles. The molecular weight excluding hydrogens is 436 g/mol. The summed E-state index contributed by atoms with van der Waals surface area (Å²) in [5.41, 5.74) is 0.128. The molecule has 1 atom stereocenters. The Bertz CT molecular complexity index is 1140. The van der Waals surface area contributed by atoms with E-state index < -0.39 is 28.4 Å². The predicted octanol–water partition coefficient (Wildman–Crippen LogP) is 4.71. The lowest BCUT2D eigenvalue weighted by atomic mass is 9.91. The lowest BCUT2D eigenvalue weighted by molar-refractivity contribution is -0.384. The van der Waals surface area contributed by atoms with Gasteiger partial charge in [-0.1, -0.05) is 49.1 Å². The van der Waals surface area contributed by atoms with Crippen LogP contribution in [0.2, 0.25) is 5.02 Å². The number of phenols is 1. The van der Waals surface area contributed by atoms with Crippen molar-refractivity contribution in [1.82, 2.24) is 4.90 Å². The molecule has 0 spiro atoms. The minimum atomic E-state index is -0.921. The van der Waals surface area contributed by atoms with Crippen LogP contribution in [0.3, 0.4) is 0 Å². The van der Waals surface area contributed by atoms with Crippen LogP contribution in [0, 0.1) is 10.1 Å². The van der Waals surface area contributed by atoms with Crippen molar-refractivity contribution in [2.75, 3.05) is 0 Å². The number of nitro benzene ring substituents is 1. The molecule has 9 heteroatoms. The maximum absolute atomic E-state index is 13.1. The quantitative estimate of drug-likeness (QED) is 0.226. The highest BCUT2D eigenvalue weighted by Crippen LogP contribution is 2.44. The normalized spacial score (nSPS) is 21.2. The first kappa shape index (κ1) is 21.8. The third-order valence-electron chi connectivity index (χ3n) is 6.07. The Morgan fingerprint density at radius 1 is 1.09 bits per heavy atom. The van der Waals surface area contributed by atoms with Gasteiger partial charge >= 0.3 is 0 Å². The van der Waals surface area contributed by atoms with E-state index in [1.54, 1.807) is 6.07 Å². The van der Waals surface area contributed by atoms with E-state index in [9.17, 15) is 29.9 Å². The van der Waals surface area contributed by atoms with Crippen LogP contribution >= 0.6 is 11.6 Å². The summed E-state index contributed by atoms with van der Waals surface area (Å²) in [7, 11) is 0. The lowest BCUT2D eigenvalue weighted by Gasteiger charge is -2.35. The summed E-state index contributed by atoms with van der Waals surface area (Å²) in [6.45, 7) is 0. The van der Waals surface area contributed by atoms with Gasteiger partial charge in [0.25, 0.3) is 17.4 Å². The number of hydrogen-bond donors (Lipinski definition) is 2. The Morgan fingerprint density at radius 2 is 1.81 bits per heavy atom. The number of carbonyl (C=O) groups excluding carboxylic acids is 2. The van der Waals surface area contributed by atoms with E-state index in [2.05, 4.69) is 0 Å². The van der Waals surface area contributed by atoms with Gasteiger partial charge in [0.15, 0.2) is 0 Å². The number of nitro groups is 1. The summed E-state index contributed by atoms with van der Waals surface area (Å²) >= 11 is 6.11. The first-order valence-corrected chi connectivity index (χ1v) is 10.7. The molecule has 0 bridgehead atoms. The van der Waals surface area contributed by atoms with Gasteiger partial charge in [0, 0.05) is 23.7 Å². The average Bonchev–Trinajstić information content (AvgIpc) is 3.06. The maximum Gasteiger partial charge on any atom is 0.295 e. The molecule has 2 fully saturated rings. The Kier molecular flexibility index (Phi) is 5.88. The number of amides is 1. The van der Waals surface area contributed by atoms with E-state index in [-0.39, 0.29) is 33.6 Å². The van der Waals surface area contributed by atoms with E-state index in [0.29, 0.717) is 5.56 Å². The zero-order valence-corrected chi connectivity index (χ0v) is 17.8. The Hall–Kier alpha value is -3.39. The monoisotopic (exact) mass is 456 g/mol. The highest BCUT2D eigenvalue weighted by molar-refractivity contribution is 6.46. The van der Waals surface area contributed by atoms with E-state index in [4.69, 9.17) is 11.6 Å². The molecule has 2 aliphatic rings. The van der Waals surface area contributed by atoms with Gasteiger partial charge in [-0.05, 0) is 30.5 Å². The summed E-state index contributed by atoms with van der Waals surface area (Å²) in [5.74, 6) is -2.21. The average molecular weight is 457 g/mol. The van der Waals surface area contributed by atoms with Gasteiger partial charge in [-0.25, -0.2) is 0 Å². The number of Topliss-reactive ketones (excluding diaryl/α,β-unsaturated/α-hetero) is 1. The second-order valence-electron chi connectivity index (χ2n) is 8.02. The van der Waals surface area contributed by atoms with Crippen molar-refractivity contribution in [2.45, 2.75) is 44.2 Å². The fraction of sp³-hybridized carbons (Fsp3) is 0.304. The number of phenolic OH excluding ortho intramolecular Hbond substituents is 1. The predicted molar refractivity (Wildman–Crippen MR) is 117 cm³/mol. The molecule has 1 amide bonds. The van der Waals surface area contributed by atoms with Gasteiger partial charge in [0.05, 0.1) is 21.6 Å². The standard InChI is InChI=1S/C23H21ClN2O6/c24-17-12-13(9-10-18(17)27)20-19(21(28)14-5-4-8-16(11-14)26(31)32)22(29)23(30)25(20)15-6-2-1-3-7-15/h4-5,8-12,15,20,27-28H,1-3,6-7H2/b21-19-. The van der Waals surface area contributed by atoms with Gasteiger partial charge in [0.1, 0.15) is 11.5 Å². The molecule has 1 aliphatic carbocycles. The van der Waals surface area contributed by atoms with Crippen molar-refractivity contribution in [3.8, 4) is 5.75 Å². The van der Waals surface area contributed by atoms with Gasteiger partial charge in [-0.15, -0.1) is 0 Å². The van der Waals surface area contributed by atoms with Crippen molar-refractivity contribution in [3.05, 3.63) is 74.3 Å². The minimum Gasteiger partial charge on any atom is -0.507 e. The van der Waals surface area contributed by atoms with Crippen LogP contribution in [0.15, 0.2) is 48.0 Å². The van der Waals surface area contributed by atoms with Crippen molar-refractivity contribution in [1.29, 1.82) is 0 Å². The van der Waals surface area contributed by atoms with Crippen LogP contribution in [-0.4, -0.2) is 37.8 Å². The number of carbonyl (C=O) groups is 2. The number of ketones is 1. The molecule has 4 rings (SSSR count). The third kappa shape index (κ3) is 3.82. The first-order chi connectivity index (χ1) is 15.3. The van der Waals surface area contributed by atoms with Crippen LogP contribution in [0.1, 0.15) is 49.3 Å². The molecule has 32 heavy (non-hydrogen) atoms. The van der Waals surface area contributed by atoms with Crippen LogP contribution < -0.4 is 0 Å². The third-order valence-corrected chi connectivity index (χ3v) is 6.37. The Balaban J connectivity index is 1.90. The zero-order chi connectivity index (χ0) is 23.0. The molecule has 0 aromatic heterocycles. The van der Waals surface area contributed by atoms with E-state index >= 15 is 0 Å². The molecule has 0 radical (unpaired) electrons. The zero-order valence-electron chi connectivity index (χ0n) is 17.0. The van der Waals surface area contributed by atoms with Crippen LogP contribution in [-0.2, 0) is 9.59 Å². The lowest BCUT2D eigenvalue weighted by Crippen LogP contribution is -2.40. The van der Waals surface area contributed by atoms with Crippen molar-refractivity contribution < 1.29 is 24.7 Å². The number of halogens is 1. The molecule has 1 aliphatic heterocycles. The topological polar surface area (TPSA) is 121 Å². The maximum atomic E-state index is 13.1. The van der Waals surface area contributed by atoms with E-state index in [0.717, 1.165) is 38.2 Å². The summed E-state index contributed by atoms with van der Waals surface area (Å²) in [6.07, 6.45) is 4.34. The molecule has 2 N–H and O–H groups in total. The fourth-order valence-corrected chi connectivity index (χ4v) is 4.72. The number of nitrogens with zero attached hydrogens (tertiary/aromatic N) is 2. The van der Waals surface area contributed by atoms with Gasteiger partial charge in [-0.3, -0.25) is 19.7 Å². The number of aliphatic hydroxyl groups is 1. The smallest absolute Gasteiger partial charge is 0.295 e. The van der Waals surface area contributed by atoms with Gasteiger partial charge < -0.3 is 15.1 Å². The highest BCUT2D eigenvalue weighted by atomic mass is 35.5. The molecule has 1 saturated heterocycles. The molecule has 166 valence electrons. The van der Waals surface area contributed by atoms with Crippen molar-refractivity contribution in [3.63, 3.8) is 0 Å². The number of non-ortho nitro benzene ring substituents is 1. The number of likely N-dealkylation sites (tertiary alicyclic amines) is 1. The minimum absolute atomic E-state index is 0.0482. The van der Waals surface area contributed by atoms with Gasteiger partial charge in [0.2, 0.25) is 0 Å². The second kappa shape index (κ2) is 8.63. The number of aliphatic hydroxyl groups excluding tert-OH is 1. The first-order valence-electron chi connectivity index (χ1n) is 10.3. The molecule has 2 aromatic carbocycles. The van der Waals surface area contributed by atoms with Gasteiger partial charge in [-0.2, -0.15) is 0 Å². The second-order valence-corrected chi connectivity index (χ2v) is 8.42. The van der Waals surface area contributed by atoms with E-state index in [1.807, 2.05) is 0 Å². The molecule has 2 aromatic rings. The summed E-state index contributed by atoms with van der Waals surface area (Å²) < 4.78 is 0. The molecule has 8 nitrogen and oxygen atoms in total. The molecule has 1 unspecified atom stereocenters. The number of rotatable bonds is 4. The Morgan fingerprint density at radius 3 is 2.47 bits per heavy atom. The number of aromatic hydroxyl groups is 1. The fourth-order valence-electron chi connectivity index (χ4n) is 4.53. The van der Waals surface area contributed by atoms with Crippen molar-refractivity contribution in [2.24, 2.45) is 0 Å². The number of hydrogen-bond acceptors (Lipinski definition) is 6. The molecule has 1 heterocycles. The van der Waals surface area contributed by atoms with Crippen LogP contribution in [0.4, 0.5) is 5.69 Å². The molecular formula is C23H21ClN2O6. The Labute approximate surface area is 188 Å². The van der Waals surface area contributed by atoms with Crippen LogP contribution in [0.5, 0.6) is 5.75 Å². The number of benzene rings is 2. The summed E-state index contributed by atoms with van der Waals surface area (Å²) in [6, 6.07) is 8.54. The van der Waals surface area contributed by atoms with Crippen molar-refractivity contribution >= 4 is 34.7 Å². The summed E-state index contributed by atoms with van der Waals surface area (Å²) in [4.78, 5) is 38.3. The summed E-state index contributed by atoms with van der Waals surface area (Å²) in [5, 5.41) is 32.1. The van der Waals surface area contributed by atoms with E-state index in [1.165, 1.54) is 35.2 Å².